The summed E-state index contributed by atoms with van der Waals surface area (Å²) >= 11 is 0. The van der Waals surface area contributed by atoms with Gasteiger partial charge in [-0.3, -0.25) is 14.3 Å². The molecule has 0 unspecified atom stereocenters. The van der Waals surface area contributed by atoms with Gasteiger partial charge in [-0.1, -0.05) is 29.8 Å². The number of aromatic amines is 1. The summed E-state index contributed by atoms with van der Waals surface area (Å²) in [5.41, 5.74) is 0.450. The molecule has 3 aromatic rings. The molecule has 0 bridgehead atoms. The number of halogens is 1. The first-order valence-electron chi connectivity index (χ1n) is 11.5. The number of methoxy groups -OCH3 is 1. The summed E-state index contributed by atoms with van der Waals surface area (Å²) in [6, 6.07) is 11.5. The third-order valence-electron chi connectivity index (χ3n) is 5.53. The lowest BCUT2D eigenvalue weighted by Gasteiger charge is -2.12. The molecular formula is C25H25FN6O5. The second-order valence-electron chi connectivity index (χ2n) is 8.24. The molecule has 0 amide bonds. The van der Waals surface area contributed by atoms with Crippen molar-refractivity contribution in [2.45, 2.75) is 39.3 Å². The Morgan fingerprint density at radius 3 is 2.62 bits per heavy atom. The van der Waals surface area contributed by atoms with Gasteiger partial charge in [0, 0.05) is 25.2 Å². The van der Waals surface area contributed by atoms with Crippen molar-refractivity contribution in [1.29, 1.82) is 0 Å². The first-order chi connectivity index (χ1) is 17.8. The van der Waals surface area contributed by atoms with Crippen LogP contribution in [0, 0.1) is 12.7 Å². The van der Waals surface area contributed by atoms with E-state index in [-0.39, 0.29) is 36.6 Å². The maximum atomic E-state index is 14.8. The van der Waals surface area contributed by atoms with Crippen LogP contribution in [0.2, 0.25) is 0 Å². The summed E-state index contributed by atoms with van der Waals surface area (Å²) in [7, 11) is 1.22. The van der Waals surface area contributed by atoms with Crippen LogP contribution in [-0.4, -0.2) is 39.3 Å². The Morgan fingerprint density at radius 1 is 1.16 bits per heavy atom. The van der Waals surface area contributed by atoms with Crippen LogP contribution in [0.4, 0.5) is 10.1 Å². The average molecular weight is 509 g/mol. The van der Waals surface area contributed by atoms with Crippen LogP contribution in [0.15, 0.2) is 67.2 Å². The normalized spacial score (nSPS) is 13.4. The molecular weight excluding hydrogens is 483 g/mol. The molecule has 0 aliphatic carbocycles. The predicted octanol–water partition coefficient (Wildman–Crippen LogP) is 2.19. The molecule has 2 aromatic carbocycles. The molecule has 192 valence electrons. The van der Waals surface area contributed by atoms with Crippen molar-refractivity contribution >= 4 is 23.8 Å². The number of carbonyl (C=O) groups is 1. The Kier molecular flexibility index (Phi) is 7.86. The molecule has 0 spiro atoms. The van der Waals surface area contributed by atoms with Crippen molar-refractivity contribution in [2.24, 2.45) is 15.2 Å². The highest BCUT2D eigenvalue weighted by Crippen LogP contribution is 2.23. The maximum Gasteiger partial charge on any atom is 0.335 e. The van der Waals surface area contributed by atoms with E-state index < -0.39 is 23.2 Å². The SMILES string of the molecule is COC(=O)CCn1c(=O)[nH]/c(=N\c2ccc(OC3=NN=CCC3)c(F)c2)n(Cc2ccc(C)cc2)c1=O. The standard InChI is InChI=1S/C25H25FN6O5/c1-16-5-7-17(8-6-16)15-32-23(29-24(34)31(25(32)35)13-11-22(33)36-2)28-18-9-10-20(19(26)14-18)37-21-4-3-12-27-30-21/h5-10,12,14H,3-4,11,13,15H2,1-2H3,(H,28,29,34). The van der Waals surface area contributed by atoms with Gasteiger partial charge >= 0.3 is 17.3 Å². The van der Waals surface area contributed by atoms with Crippen molar-refractivity contribution in [2.75, 3.05) is 7.11 Å². The number of H-pyrrole nitrogens is 1. The molecule has 12 heteroatoms. The zero-order valence-corrected chi connectivity index (χ0v) is 20.3. The Hall–Kier alpha value is -4.61. The van der Waals surface area contributed by atoms with E-state index in [4.69, 9.17) is 4.74 Å². The van der Waals surface area contributed by atoms with Crippen molar-refractivity contribution < 1.29 is 18.7 Å². The Labute approximate surface area is 210 Å². The lowest BCUT2D eigenvalue weighted by Crippen LogP contribution is -2.50. The number of nitrogens with one attached hydrogen (secondary N) is 1. The number of aryl methyl sites for hydroxylation is 1. The van der Waals surface area contributed by atoms with Gasteiger partial charge in [0.05, 0.1) is 25.8 Å². The van der Waals surface area contributed by atoms with E-state index in [1.807, 2.05) is 31.2 Å². The third kappa shape index (κ3) is 6.34. The van der Waals surface area contributed by atoms with Gasteiger partial charge in [-0.15, -0.1) is 5.10 Å². The zero-order valence-electron chi connectivity index (χ0n) is 20.3. The highest BCUT2D eigenvalue weighted by Gasteiger charge is 2.14. The summed E-state index contributed by atoms with van der Waals surface area (Å²) < 4.78 is 27.0. The van der Waals surface area contributed by atoms with E-state index in [9.17, 15) is 18.8 Å². The molecule has 1 aliphatic rings. The molecule has 1 aliphatic heterocycles. The van der Waals surface area contributed by atoms with Crippen LogP contribution in [0.25, 0.3) is 0 Å². The van der Waals surface area contributed by atoms with Crippen LogP contribution in [-0.2, 0) is 22.6 Å². The van der Waals surface area contributed by atoms with Crippen molar-refractivity contribution in [3.8, 4) is 5.75 Å². The second-order valence-corrected chi connectivity index (χ2v) is 8.24. The number of benzene rings is 2. The number of ether oxygens (including phenoxy) is 2. The minimum Gasteiger partial charge on any atom is -0.469 e. The largest absolute Gasteiger partial charge is 0.469 e. The Balaban J connectivity index is 1.74. The fourth-order valence-electron chi connectivity index (χ4n) is 3.53. The topological polar surface area (TPSA) is 132 Å². The van der Waals surface area contributed by atoms with Crippen LogP contribution in [0.1, 0.15) is 30.4 Å². The van der Waals surface area contributed by atoms with Gasteiger partial charge in [0.2, 0.25) is 11.5 Å². The lowest BCUT2D eigenvalue weighted by molar-refractivity contribution is -0.140. The van der Waals surface area contributed by atoms with Gasteiger partial charge in [0.15, 0.2) is 11.6 Å². The van der Waals surface area contributed by atoms with Crippen LogP contribution < -0.4 is 21.7 Å². The minimum absolute atomic E-state index is 0.0472. The van der Waals surface area contributed by atoms with E-state index in [0.717, 1.165) is 21.8 Å². The molecule has 0 saturated carbocycles. The number of carbonyl (C=O) groups excluding carboxylic acids is 1. The number of aromatic nitrogens is 3. The molecule has 2 heterocycles. The van der Waals surface area contributed by atoms with Gasteiger partial charge in [0.1, 0.15) is 0 Å². The molecule has 1 N–H and O–H groups in total. The van der Waals surface area contributed by atoms with E-state index in [0.29, 0.717) is 18.7 Å². The summed E-state index contributed by atoms with van der Waals surface area (Å²) in [6.45, 7) is 1.84. The molecule has 1 aromatic heterocycles. The number of hydrogen-bond donors (Lipinski definition) is 1. The average Bonchev–Trinajstić information content (AvgIpc) is 2.89. The van der Waals surface area contributed by atoms with E-state index in [1.54, 1.807) is 6.21 Å². The summed E-state index contributed by atoms with van der Waals surface area (Å²) in [4.78, 5) is 44.5. The van der Waals surface area contributed by atoms with Crippen LogP contribution >= 0.6 is 0 Å². The van der Waals surface area contributed by atoms with Crippen LogP contribution in [0.5, 0.6) is 5.75 Å². The minimum atomic E-state index is -0.760. The molecule has 0 radical (unpaired) electrons. The summed E-state index contributed by atoms with van der Waals surface area (Å²) in [5, 5.41) is 7.60. The van der Waals surface area contributed by atoms with Crippen molar-refractivity contribution in [3.05, 3.63) is 86.0 Å². The monoisotopic (exact) mass is 508 g/mol. The molecule has 0 saturated heterocycles. The Bertz CT molecular complexity index is 1550. The fourth-order valence-corrected chi connectivity index (χ4v) is 3.53. The predicted molar refractivity (Wildman–Crippen MR) is 134 cm³/mol. The first kappa shape index (κ1) is 25.5. The van der Waals surface area contributed by atoms with Gasteiger partial charge in [-0.25, -0.2) is 23.5 Å². The van der Waals surface area contributed by atoms with Gasteiger partial charge < -0.3 is 9.47 Å². The highest BCUT2D eigenvalue weighted by atomic mass is 19.1. The molecule has 0 fully saturated rings. The number of nitrogens with zero attached hydrogens (tertiary/aromatic N) is 5. The number of hydrogen-bond acceptors (Lipinski definition) is 8. The lowest BCUT2D eigenvalue weighted by atomic mass is 10.1. The summed E-state index contributed by atoms with van der Waals surface area (Å²) in [6.07, 6.45) is 2.62. The van der Waals surface area contributed by atoms with Crippen molar-refractivity contribution in [1.82, 2.24) is 14.1 Å². The Morgan fingerprint density at radius 2 is 1.95 bits per heavy atom. The first-order valence-corrected chi connectivity index (χ1v) is 11.5. The van der Waals surface area contributed by atoms with E-state index in [1.165, 1.54) is 23.8 Å². The third-order valence-corrected chi connectivity index (χ3v) is 5.53. The van der Waals surface area contributed by atoms with E-state index in [2.05, 4.69) is 24.9 Å². The highest BCUT2D eigenvalue weighted by molar-refractivity contribution is 5.83. The zero-order chi connectivity index (χ0) is 26.4. The molecule has 0 atom stereocenters. The maximum absolute atomic E-state index is 14.8. The second kappa shape index (κ2) is 11.4. The van der Waals surface area contributed by atoms with E-state index >= 15 is 0 Å². The quantitative estimate of drug-likeness (QED) is 0.489. The van der Waals surface area contributed by atoms with Gasteiger partial charge in [-0.2, -0.15) is 5.10 Å². The molecule has 37 heavy (non-hydrogen) atoms. The molecule has 11 nitrogen and oxygen atoms in total. The number of rotatable bonds is 7. The van der Waals surface area contributed by atoms with Crippen LogP contribution in [0.3, 0.4) is 0 Å². The molecule has 4 rings (SSSR count). The van der Waals surface area contributed by atoms with Crippen molar-refractivity contribution in [3.63, 3.8) is 0 Å². The fraction of sp³-hybridized carbons (Fsp3) is 0.280. The smallest absolute Gasteiger partial charge is 0.335 e. The number of esters is 1. The van der Waals surface area contributed by atoms with Gasteiger partial charge in [-0.05, 0) is 31.0 Å². The van der Waals surface area contributed by atoms with Gasteiger partial charge in [0.25, 0.3) is 0 Å². The summed E-state index contributed by atoms with van der Waals surface area (Å²) in [5.74, 6) is -1.01.